The van der Waals surface area contributed by atoms with Crippen LogP contribution in [0, 0.1) is 5.92 Å². The first kappa shape index (κ1) is 29.6. The molecule has 0 aromatic heterocycles. The Morgan fingerprint density at radius 3 is 1.90 bits per heavy atom. The van der Waals surface area contributed by atoms with Gasteiger partial charge in [-0.05, 0) is 48.1 Å². The summed E-state index contributed by atoms with van der Waals surface area (Å²) >= 11 is 0. The molecule has 0 radical (unpaired) electrons. The van der Waals surface area contributed by atoms with Crippen LogP contribution in [0.1, 0.15) is 23.1 Å². The summed E-state index contributed by atoms with van der Waals surface area (Å²) in [5.41, 5.74) is 14.3. The number of nitrogens with two attached hydrogens (primary N) is 2. The number of rotatable bonds is 14. The van der Waals surface area contributed by atoms with Crippen molar-refractivity contribution in [1.29, 1.82) is 0 Å². The highest BCUT2D eigenvalue weighted by molar-refractivity contribution is 5.88. The van der Waals surface area contributed by atoms with Gasteiger partial charge in [0.2, 0.25) is 11.8 Å². The van der Waals surface area contributed by atoms with Crippen molar-refractivity contribution in [3.63, 3.8) is 0 Å². The van der Waals surface area contributed by atoms with Gasteiger partial charge in [-0.15, -0.1) is 0 Å². The smallest absolute Gasteiger partial charge is 0.240 e. The molecule has 8 heteroatoms. The van der Waals surface area contributed by atoms with E-state index < -0.39 is 42.0 Å². The van der Waals surface area contributed by atoms with Gasteiger partial charge in [0, 0.05) is 12.5 Å². The summed E-state index contributed by atoms with van der Waals surface area (Å²) in [6.45, 7) is 0. The molecule has 0 bridgehead atoms. The molecule has 3 aromatic carbocycles. The molecular weight excluding hydrogens is 494 g/mol. The van der Waals surface area contributed by atoms with E-state index in [9.17, 15) is 24.9 Å². The third kappa shape index (κ3) is 9.68. The SMILES string of the molecule is NC(=O)[C@H](Cc1ccccc1)NC(=O)[C@H](Cc1ccccc1)[C@H](O)/C=C/C[C@@H](O)[C@@H](N)Cc1ccc(O)cc1. The Kier molecular flexibility index (Phi) is 11.2. The van der Waals surface area contributed by atoms with Gasteiger partial charge in [0.05, 0.1) is 18.1 Å². The molecule has 2 amide bonds. The number of aliphatic hydroxyl groups excluding tert-OH is 2. The monoisotopic (exact) mass is 531 g/mol. The number of nitrogens with one attached hydrogen (secondary N) is 1. The van der Waals surface area contributed by atoms with Gasteiger partial charge < -0.3 is 32.1 Å². The van der Waals surface area contributed by atoms with Crippen molar-refractivity contribution in [1.82, 2.24) is 5.32 Å². The number of carbonyl (C=O) groups is 2. The molecule has 0 aliphatic rings. The summed E-state index contributed by atoms with van der Waals surface area (Å²) in [6.07, 6.45) is 2.06. The average Bonchev–Trinajstić information content (AvgIpc) is 2.93. The topological polar surface area (TPSA) is 159 Å². The van der Waals surface area contributed by atoms with Gasteiger partial charge in [-0.1, -0.05) is 84.9 Å². The minimum absolute atomic E-state index is 0.154. The van der Waals surface area contributed by atoms with Crippen molar-refractivity contribution in [3.05, 3.63) is 114 Å². The first-order valence-corrected chi connectivity index (χ1v) is 13.0. The lowest BCUT2D eigenvalue weighted by Gasteiger charge is -2.24. The number of carbonyl (C=O) groups excluding carboxylic acids is 2. The first-order valence-electron chi connectivity index (χ1n) is 13.0. The number of hydrogen-bond acceptors (Lipinski definition) is 6. The lowest BCUT2D eigenvalue weighted by atomic mass is 9.91. The van der Waals surface area contributed by atoms with E-state index in [-0.39, 0.29) is 25.0 Å². The van der Waals surface area contributed by atoms with Crippen molar-refractivity contribution >= 4 is 11.8 Å². The van der Waals surface area contributed by atoms with Gasteiger partial charge in [-0.3, -0.25) is 9.59 Å². The Bertz CT molecular complexity index is 1200. The zero-order valence-electron chi connectivity index (χ0n) is 21.8. The summed E-state index contributed by atoms with van der Waals surface area (Å²) in [6, 6.07) is 23.6. The first-order chi connectivity index (χ1) is 18.7. The second kappa shape index (κ2) is 14.8. The van der Waals surface area contributed by atoms with E-state index in [0.717, 1.165) is 16.7 Å². The number of hydrogen-bond donors (Lipinski definition) is 6. The number of aliphatic hydroxyl groups is 2. The summed E-state index contributed by atoms with van der Waals surface area (Å²) in [5, 5.41) is 33.6. The fraction of sp³-hybridized carbons (Fsp3) is 0.290. The van der Waals surface area contributed by atoms with Crippen LogP contribution in [0.3, 0.4) is 0 Å². The maximum Gasteiger partial charge on any atom is 0.240 e. The highest BCUT2D eigenvalue weighted by atomic mass is 16.3. The van der Waals surface area contributed by atoms with Crippen LogP contribution >= 0.6 is 0 Å². The molecule has 5 atom stereocenters. The number of primary amides is 1. The van der Waals surface area contributed by atoms with Crippen LogP contribution in [-0.4, -0.2) is 51.4 Å². The number of amides is 2. The molecule has 0 unspecified atom stereocenters. The molecule has 8 nitrogen and oxygen atoms in total. The Balaban J connectivity index is 1.66. The van der Waals surface area contributed by atoms with E-state index >= 15 is 0 Å². The maximum absolute atomic E-state index is 13.3. The molecule has 0 fully saturated rings. The number of phenolic OH excluding ortho intramolecular Hbond substituents is 1. The number of benzene rings is 3. The third-order valence-corrected chi connectivity index (χ3v) is 6.60. The predicted octanol–water partition coefficient (Wildman–Crippen LogP) is 2.00. The minimum Gasteiger partial charge on any atom is -0.508 e. The predicted molar refractivity (Wildman–Crippen MR) is 150 cm³/mol. The molecular formula is C31H37N3O5. The summed E-state index contributed by atoms with van der Waals surface area (Å²) in [7, 11) is 0. The van der Waals surface area contributed by atoms with Gasteiger partial charge in [-0.25, -0.2) is 0 Å². The van der Waals surface area contributed by atoms with E-state index in [1.807, 2.05) is 60.7 Å². The molecule has 0 saturated heterocycles. The van der Waals surface area contributed by atoms with Crippen molar-refractivity contribution < 1.29 is 24.9 Å². The fourth-order valence-corrected chi connectivity index (χ4v) is 4.29. The lowest BCUT2D eigenvalue weighted by Crippen LogP contribution is -2.50. The molecule has 0 spiro atoms. The third-order valence-electron chi connectivity index (χ3n) is 6.60. The Morgan fingerprint density at radius 2 is 1.33 bits per heavy atom. The van der Waals surface area contributed by atoms with Crippen LogP contribution in [0.15, 0.2) is 97.1 Å². The van der Waals surface area contributed by atoms with Crippen LogP contribution in [0.2, 0.25) is 0 Å². The highest BCUT2D eigenvalue weighted by Gasteiger charge is 2.29. The van der Waals surface area contributed by atoms with Gasteiger partial charge >= 0.3 is 0 Å². The van der Waals surface area contributed by atoms with Crippen LogP contribution in [0.25, 0.3) is 0 Å². The Hall–Kier alpha value is -3.98. The number of phenols is 1. The second-order valence-corrected chi connectivity index (χ2v) is 9.71. The second-order valence-electron chi connectivity index (χ2n) is 9.71. The van der Waals surface area contributed by atoms with Gasteiger partial charge in [0.15, 0.2) is 0 Å². The minimum atomic E-state index is -1.18. The van der Waals surface area contributed by atoms with Crippen molar-refractivity contribution in [2.24, 2.45) is 17.4 Å². The highest BCUT2D eigenvalue weighted by Crippen LogP contribution is 2.17. The van der Waals surface area contributed by atoms with E-state index in [4.69, 9.17) is 11.5 Å². The fourth-order valence-electron chi connectivity index (χ4n) is 4.29. The van der Waals surface area contributed by atoms with Gasteiger partial charge in [0.1, 0.15) is 11.8 Å². The van der Waals surface area contributed by atoms with Gasteiger partial charge in [0.25, 0.3) is 0 Å². The number of aromatic hydroxyl groups is 1. The van der Waals surface area contributed by atoms with Crippen molar-refractivity contribution in [2.45, 2.75) is 50.0 Å². The molecule has 0 aliphatic carbocycles. The Morgan fingerprint density at radius 1 is 0.795 bits per heavy atom. The van der Waals surface area contributed by atoms with E-state index in [1.165, 1.54) is 6.08 Å². The van der Waals surface area contributed by atoms with E-state index in [2.05, 4.69) is 5.32 Å². The lowest BCUT2D eigenvalue weighted by molar-refractivity contribution is -0.131. The maximum atomic E-state index is 13.3. The zero-order valence-corrected chi connectivity index (χ0v) is 21.8. The van der Waals surface area contributed by atoms with Gasteiger partial charge in [-0.2, -0.15) is 0 Å². The van der Waals surface area contributed by atoms with E-state index in [0.29, 0.717) is 6.42 Å². The molecule has 0 aliphatic heterocycles. The van der Waals surface area contributed by atoms with Crippen LogP contribution in [0.5, 0.6) is 5.75 Å². The molecule has 39 heavy (non-hydrogen) atoms. The largest absolute Gasteiger partial charge is 0.508 e. The summed E-state index contributed by atoms with van der Waals surface area (Å²) in [5.74, 6) is -1.91. The van der Waals surface area contributed by atoms with E-state index in [1.54, 1.807) is 30.3 Å². The summed E-state index contributed by atoms with van der Waals surface area (Å²) < 4.78 is 0. The molecule has 0 saturated carbocycles. The quantitative estimate of drug-likeness (QED) is 0.175. The zero-order chi connectivity index (χ0) is 28.2. The van der Waals surface area contributed by atoms with Crippen molar-refractivity contribution in [2.75, 3.05) is 0 Å². The van der Waals surface area contributed by atoms with Crippen LogP contribution in [0.4, 0.5) is 0 Å². The Labute approximate surface area is 229 Å². The average molecular weight is 532 g/mol. The molecule has 8 N–H and O–H groups in total. The van der Waals surface area contributed by atoms with Crippen LogP contribution < -0.4 is 16.8 Å². The molecule has 3 rings (SSSR count). The van der Waals surface area contributed by atoms with Crippen LogP contribution in [-0.2, 0) is 28.9 Å². The summed E-state index contributed by atoms with van der Waals surface area (Å²) in [4.78, 5) is 25.5. The molecule has 0 heterocycles. The molecule has 206 valence electrons. The molecule has 3 aromatic rings. The normalized spacial score (nSPS) is 15.3. The van der Waals surface area contributed by atoms with Crippen molar-refractivity contribution in [3.8, 4) is 5.75 Å². The standard InChI is InChI=1S/C31H37N3O5/c32-26(19-23-14-16-24(35)17-15-23)29(37)13-7-12-28(36)25(18-21-8-3-1-4-9-21)31(39)34-27(30(33)38)20-22-10-5-2-6-11-22/h1-12,14-17,25-29,35-37H,13,18-20,32H2,(H2,33,38)(H,34,39)/b12-7+/t25-,26+,27+,28-,29-/m1/s1.